The Morgan fingerprint density at radius 1 is 1.40 bits per heavy atom. The number of aliphatic carboxylic acids is 1. The molecule has 1 aliphatic carbocycles. The van der Waals surface area contributed by atoms with Gasteiger partial charge in [-0.3, -0.25) is 4.79 Å². The average molecular weight is 233 g/mol. The van der Waals surface area contributed by atoms with E-state index in [1.54, 1.807) is 0 Å². The van der Waals surface area contributed by atoms with Gasteiger partial charge in [-0.1, -0.05) is 17.7 Å². The number of carboxylic acids is 1. The van der Waals surface area contributed by atoms with Crippen molar-refractivity contribution in [1.82, 2.24) is 0 Å². The van der Waals surface area contributed by atoms with Crippen LogP contribution in [0.2, 0.25) is 5.02 Å². The second kappa shape index (κ2) is 3.17. The summed E-state index contributed by atoms with van der Waals surface area (Å²) in [6.07, 6.45) is 0.725. The van der Waals surface area contributed by atoms with Gasteiger partial charge in [0.1, 0.15) is 16.7 Å². The van der Waals surface area contributed by atoms with Gasteiger partial charge in [0, 0.05) is 5.56 Å². The van der Waals surface area contributed by atoms with Gasteiger partial charge in [0.25, 0.3) is 0 Å². The fraction of sp³-hybridized carbons (Fsp3) is 0.300. The van der Waals surface area contributed by atoms with Crippen LogP contribution in [-0.2, 0) is 10.2 Å². The number of halogens is 3. The fourth-order valence-corrected chi connectivity index (χ4v) is 1.78. The molecule has 1 aromatic rings. The minimum absolute atomic E-state index is 0.0265. The predicted octanol–water partition coefficient (Wildman–Crippen LogP) is 2.73. The van der Waals surface area contributed by atoms with E-state index >= 15 is 0 Å². The number of carbonyl (C=O) groups is 1. The van der Waals surface area contributed by atoms with Crippen LogP contribution < -0.4 is 0 Å². The van der Waals surface area contributed by atoms with Gasteiger partial charge in [0.2, 0.25) is 0 Å². The van der Waals surface area contributed by atoms with Crippen molar-refractivity contribution >= 4 is 17.6 Å². The molecule has 0 amide bonds. The zero-order valence-electron chi connectivity index (χ0n) is 7.56. The van der Waals surface area contributed by atoms with Crippen LogP contribution in [0.25, 0.3) is 0 Å². The molecule has 1 N–H and O–H groups in total. The Bertz CT molecular complexity index is 441. The normalized spacial score (nSPS) is 17.5. The summed E-state index contributed by atoms with van der Waals surface area (Å²) in [5, 5.41) is 8.30. The van der Waals surface area contributed by atoms with Gasteiger partial charge in [0.05, 0.1) is 5.41 Å². The molecule has 2 rings (SSSR count). The Balaban J connectivity index is 2.55. The van der Waals surface area contributed by atoms with E-state index in [9.17, 15) is 13.6 Å². The Labute approximate surface area is 89.5 Å². The van der Waals surface area contributed by atoms with Gasteiger partial charge < -0.3 is 5.11 Å². The van der Waals surface area contributed by atoms with E-state index in [0.29, 0.717) is 12.8 Å². The summed E-state index contributed by atoms with van der Waals surface area (Å²) >= 11 is 5.38. The average Bonchev–Trinajstić information content (AvgIpc) is 2.95. The number of carboxylic acid groups (broad SMARTS) is 1. The number of rotatable bonds is 2. The number of hydrogen-bond donors (Lipinski definition) is 1. The quantitative estimate of drug-likeness (QED) is 0.796. The molecule has 0 unspecified atom stereocenters. The largest absolute Gasteiger partial charge is 0.481 e. The van der Waals surface area contributed by atoms with Crippen molar-refractivity contribution in [2.24, 2.45) is 0 Å². The van der Waals surface area contributed by atoms with Crippen molar-refractivity contribution in [2.75, 3.05) is 0 Å². The van der Waals surface area contributed by atoms with Crippen LogP contribution in [0.3, 0.4) is 0 Å². The van der Waals surface area contributed by atoms with Crippen LogP contribution in [0.1, 0.15) is 18.4 Å². The van der Waals surface area contributed by atoms with E-state index in [-0.39, 0.29) is 5.56 Å². The molecule has 0 saturated heterocycles. The van der Waals surface area contributed by atoms with E-state index in [1.807, 2.05) is 0 Å². The van der Waals surface area contributed by atoms with E-state index in [1.165, 1.54) is 0 Å². The molecule has 0 bridgehead atoms. The zero-order chi connectivity index (χ0) is 11.2. The Morgan fingerprint density at radius 3 is 2.47 bits per heavy atom. The molecule has 0 aliphatic heterocycles. The maximum Gasteiger partial charge on any atom is 0.314 e. The summed E-state index contributed by atoms with van der Waals surface area (Å²) in [7, 11) is 0. The molecule has 5 heteroatoms. The molecule has 0 spiro atoms. The van der Waals surface area contributed by atoms with Gasteiger partial charge in [-0.25, -0.2) is 8.78 Å². The van der Waals surface area contributed by atoms with Gasteiger partial charge in [-0.2, -0.15) is 0 Å². The van der Waals surface area contributed by atoms with E-state index in [0.717, 1.165) is 12.1 Å². The lowest BCUT2D eigenvalue weighted by Gasteiger charge is -2.12. The molecule has 1 aromatic carbocycles. The Kier molecular flexibility index (Phi) is 2.19. The minimum atomic E-state index is -1.19. The monoisotopic (exact) mass is 232 g/mol. The first-order valence-electron chi connectivity index (χ1n) is 4.36. The van der Waals surface area contributed by atoms with Gasteiger partial charge in [0.15, 0.2) is 0 Å². The molecule has 0 heterocycles. The zero-order valence-corrected chi connectivity index (χ0v) is 8.31. The molecule has 1 saturated carbocycles. The third kappa shape index (κ3) is 1.40. The lowest BCUT2D eigenvalue weighted by molar-refractivity contribution is -0.140. The third-order valence-electron chi connectivity index (χ3n) is 2.71. The molecule has 15 heavy (non-hydrogen) atoms. The first-order chi connectivity index (χ1) is 6.99. The van der Waals surface area contributed by atoms with Crippen LogP contribution in [0, 0.1) is 11.6 Å². The Hall–Kier alpha value is -1.16. The summed E-state index contributed by atoms with van der Waals surface area (Å²) in [5.74, 6) is -2.93. The second-order valence-corrected chi connectivity index (χ2v) is 3.99. The van der Waals surface area contributed by atoms with Crippen LogP contribution >= 0.6 is 11.6 Å². The fourth-order valence-electron chi connectivity index (χ4n) is 1.62. The lowest BCUT2D eigenvalue weighted by atomic mass is 9.95. The number of hydrogen-bond acceptors (Lipinski definition) is 1. The van der Waals surface area contributed by atoms with Crippen LogP contribution in [0.4, 0.5) is 8.78 Å². The second-order valence-electron chi connectivity index (χ2n) is 3.61. The molecule has 1 aliphatic rings. The summed E-state index contributed by atoms with van der Waals surface area (Å²) < 4.78 is 26.4. The van der Waals surface area contributed by atoms with Crippen LogP contribution in [0.15, 0.2) is 12.1 Å². The van der Waals surface area contributed by atoms with Crippen molar-refractivity contribution in [1.29, 1.82) is 0 Å². The summed E-state index contributed by atoms with van der Waals surface area (Å²) in [6.45, 7) is 0. The third-order valence-corrected chi connectivity index (χ3v) is 3.06. The molecule has 80 valence electrons. The maximum absolute atomic E-state index is 13.5. The maximum atomic E-state index is 13.5. The highest BCUT2D eigenvalue weighted by Gasteiger charge is 2.53. The predicted molar refractivity (Wildman–Crippen MR) is 49.9 cm³/mol. The van der Waals surface area contributed by atoms with Gasteiger partial charge in [-0.05, 0) is 18.9 Å². The van der Waals surface area contributed by atoms with E-state index < -0.39 is 28.0 Å². The highest BCUT2D eigenvalue weighted by atomic mass is 35.5. The van der Waals surface area contributed by atoms with Crippen molar-refractivity contribution in [3.05, 3.63) is 34.4 Å². The standard InChI is InChI=1S/C10H7ClF2O2/c11-7-6(12)2-1-5(8(7)13)10(3-4-10)9(14)15/h1-2H,3-4H2,(H,14,15). The summed E-state index contributed by atoms with van der Waals surface area (Å²) in [4.78, 5) is 10.9. The molecular formula is C10H7ClF2O2. The Morgan fingerprint density at radius 2 is 2.00 bits per heavy atom. The summed E-state index contributed by atoms with van der Waals surface area (Å²) in [6, 6.07) is 2.14. The molecule has 0 aromatic heterocycles. The molecule has 0 atom stereocenters. The SMILES string of the molecule is O=C(O)C1(c2ccc(F)c(Cl)c2F)CC1. The highest BCUT2D eigenvalue weighted by molar-refractivity contribution is 6.31. The van der Waals surface area contributed by atoms with E-state index in [4.69, 9.17) is 16.7 Å². The summed E-state index contributed by atoms with van der Waals surface area (Å²) in [5.41, 5.74) is -1.22. The molecule has 2 nitrogen and oxygen atoms in total. The topological polar surface area (TPSA) is 37.3 Å². The van der Waals surface area contributed by atoms with Crippen molar-refractivity contribution < 1.29 is 18.7 Å². The first kappa shape index (κ1) is 10.4. The highest BCUT2D eigenvalue weighted by Crippen LogP contribution is 2.50. The smallest absolute Gasteiger partial charge is 0.314 e. The van der Waals surface area contributed by atoms with Gasteiger partial charge in [-0.15, -0.1) is 0 Å². The van der Waals surface area contributed by atoms with Crippen LogP contribution in [-0.4, -0.2) is 11.1 Å². The van der Waals surface area contributed by atoms with Crippen LogP contribution in [0.5, 0.6) is 0 Å². The van der Waals surface area contributed by atoms with Crippen molar-refractivity contribution in [2.45, 2.75) is 18.3 Å². The number of benzene rings is 1. The van der Waals surface area contributed by atoms with Gasteiger partial charge >= 0.3 is 5.97 Å². The van der Waals surface area contributed by atoms with E-state index in [2.05, 4.69) is 0 Å². The van der Waals surface area contributed by atoms with Crippen molar-refractivity contribution in [3.8, 4) is 0 Å². The van der Waals surface area contributed by atoms with Crippen molar-refractivity contribution in [3.63, 3.8) is 0 Å². The molecular weight excluding hydrogens is 226 g/mol. The first-order valence-corrected chi connectivity index (χ1v) is 4.74. The minimum Gasteiger partial charge on any atom is -0.481 e. The molecule has 0 radical (unpaired) electrons. The molecule has 1 fully saturated rings. The lowest BCUT2D eigenvalue weighted by Crippen LogP contribution is -2.21.